The third-order valence-corrected chi connectivity index (χ3v) is 8.65. The Bertz CT molecular complexity index is 1020. The zero-order chi connectivity index (χ0) is 24.4. The third-order valence-electron chi connectivity index (χ3n) is 7.60. The van der Waals surface area contributed by atoms with Crippen LogP contribution in [0.4, 0.5) is 8.78 Å². The number of thiazole rings is 1. The maximum Gasteiger partial charge on any atom is 0.273 e. The minimum absolute atomic E-state index is 0.0822. The zero-order valence-electron chi connectivity index (χ0n) is 20.3. The highest BCUT2D eigenvalue weighted by Crippen LogP contribution is 2.38. The van der Waals surface area contributed by atoms with Crippen molar-refractivity contribution in [3.63, 3.8) is 0 Å². The molecule has 2 fully saturated rings. The number of fused-ring (bicyclic) bond motifs is 1. The minimum Gasteiger partial charge on any atom is -0.466 e. The van der Waals surface area contributed by atoms with E-state index in [2.05, 4.69) is 20.3 Å². The van der Waals surface area contributed by atoms with E-state index >= 15 is 0 Å². The molecule has 10 heteroatoms. The standard InChI is InChI=1S/C25H35F2N5O2S/c1-31-15-18(14-28-31)12-23(33)29-19-4-2-17(3-5-19)7-10-32-11-8-22-21(16-32)30-24(35-22)34-20-6-9-25(26,27)13-20/h14-15,17,19-20H,2-13,16H2,1H3,(H,29,33). The van der Waals surface area contributed by atoms with Crippen molar-refractivity contribution in [2.24, 2.45) is 13.0 Å². The molecule has 2 saturated carbocycles. The highest BCUT2D eigenvalue weighted by atomic mass is 32.1. The lowest BCUT2D eigenvalue weighted by atomic mass is 9.84. The molecular weight excluding hydrogens is 472 g/mol. The van der Waals surface area contributed by atoms with Gasteiger partial charge in [-0.3, -0.25) is 14.4 Å². The number of aromatic nitrogens is 3. The summed E-state index contributed by atoms with van der Waals surface area (Å²) in [5.74, 6) is -1.82. The van der Waals surface area contributed by atoms with Crippen LogP contribution in [0.2, 0.25) is 0 Å². The molecule has 0 spiro atoms. The van der Waals surface area contributed by atoms with E-state index in [1.54, 1.807) is 10.9 Å². The molecule has 0 saturated heterocycles. The van der Waals surface area contributed by atoms with Gasteiger partial charge in [0.25, 0.3) is 11.1 Å². The van der Waals surface area contributed by atoms with Crippen LogP contribution in [-0.2, 0) is 31.2 Å². The van der Waals surface area contributed by atoms with Gasteiger partial charge >= 0.3 is 0 Å². The van der Waals surface area contributed by atoms with E-state index in [1.807, 2.05) is 13.2 Å². The summed E-state index contributed by atoms with van der Waals surface area (Å²) in [5.41, 5.74) is 2.00. The van der Waals surface area contributed by atoms with E-state index in [1.165, 1.54) is 16.2 Å². The van der Waals surface area contributed by atoms with E-state index in [0.29, 0.717) is 24.0 Å². The summed E-state index contributed by atoms with van der Waals surface area (Å²) >= 11 is 1.53. The minimum atomic E-state index is -2.59. The smallest absolute Gasteiger partial charge is 0.273 e. The van der Waals surface area contributed by atoms with Gasteiger partial charge in [-0.2, -0.15) is 5.10 Å². The van der Waals surface area contributed by atoms with E-state index in [-0.39, 0.29) is 24.8 Å². The number of amides is 1. The van der Waals surface area contributed by atoms with Gasteiger partial charge in [0.15, 0.2) is 0 Å². The Hall–Kier alpha value is -2.07. The monoisotopic (exact) mass is 507 g/mol. The van der Waals surface area contributed by atoms with Gasteiger partial charge in [0.2, 0.25) is 5.91 Å². The number of rotatable bonds is 8. The second-order valence-corrected chi connectivity index (χ2v) is 11.5. The van der Waals surface area contributed by atoms with Crippen molar-refractivity contribution in [2.45, 2.75) is 88.8 Å². The van der Waals surface area contributed by atoms with Gasteiger partial charge in [-0.25, -0.2) is 13.8 Å². The van der Waals surface area contributed by atoms with E-state index < -0.39 is 12.0 Å². The summed E-state index contributed by atoms with van der Waals surface area (Å²) in [7, 11) is 1.86. The van der Waals surface area contributed by atoms with Crippen LogP contribution in [0.15, 0.2) is 12.4 Å². The van der Waals surface area contributed by atoms with Gasteiger partial charge in [0.1, 0.15) is 6.10 Å². The summed E-state index contributed by atoms with van der Waals surface area (Å²) < 4.78 is 34.4. The molecule has 1 amide bonds. The number of nitrogens with zero attached hydrogens (tertiary/aromatic N) is 4. The van der Waals surface area contributed by atoms with Crippen LogP contribution < -0.4 is 10.1 Å². The van der Waals surface area contributed by atoms with E-state index in [9.17, 15) is 13.6 Å². The first-order valence-electron chi connectivity index (χ1n) is 12.8. The fourth-order valence-corrected chi connectivity index (χ4v) is 6.58. The second kappa shape index (κ2) is 10.5. The van der Waals surface area contributed by atoms with Crippen molar-refractivity contribution in [2.75, 3.05) is 13.1 Å². The van der Waals surface area contributed by atoms with Crippen molar-refractivity contribution in [3.8, 4) is 5.19 Å². The second-order valence-electron chi connectivity index (χ2n) is 10.5. The van der Waals surface area contributed by atoms with Crippen molar-refractivity contribution in [1.82, 2.24) is 25.0 Å². The predicted molar refractivity (Wildman–Crippen MR) is 130 cm³/mol. The molecule has 1 N–H and O–H groups in total. The SMILES string of the molecule is Cn1cc(CC(=O)NC2CCC(CCN3CCc4sc(OC5CCC(F)(F)C5)nc4C3)CC2)cn1. The average molecular weight is 508 g/mol. The number of carbonyl (C=O) groups excluding carboxylic acids is 1. The van der Waals surface area contributed by atoms with Crippen LogP contribution in [0.3, 0.4) is 0 Å². The molecule has 0 radical (unpaired) electrons. The first-order chi connectivity index (χ1) is 16.8. The van der Waals surface area contributed by atoms with Gasteiger partial charge < -0.3 is 10.1 Å². The normalized spacial score (nSPS) is 26.4. The summed E-state index contributed by atoms with van der Waals surface area (Å²) in [4.78, 5) is 20.7. The highest BCUT2D eigenvalue weighted by molar-refractivity contribution is 7.13. The number of hydrogen-bond donors (Lipinski definition) is 1. The quantitative estimate of drug-likeness (QED) is 0.582. The molecule has 0 aromatic carbocycles. The van der Waals surface area contributed by atoms with Crippen LogP contribution in [0.5, 0.6) is 5.19 Å². The summed E-state index contributed by atoms with van der Waals surface area (Å²) in [5, 5.41) is 7.88. The zero-order valence-corrected chi connectivity index (χ0v) is 21.2. The van der Waals surface area contributed by atoms with Crippen LogP contribution in [0.1, 0.15) is 67.5 Å². The lowest BCUT2D eigenvalue weighted by Gasteiger charge is -2.32. The van der Waals surface area contributed by atoms with Crippen molar-refractivity contribution in [3.05, 3.63) is 28.5 Å². The Balaban J connectivity index is 1.01. The van der Waals surface area contributed by atoms with Crippen LogP contribution >= 0.6 is 11.3 Å². The molecule has 1 aliphatic heterocycles. The van der Waals surface area contributed by atoms with Crippen LogP contribution in [0, 0.1) is 5.92 Å². The fourth-order valence-electron chi connectivity index (χ4n) is 5.61. The number of nitrogens with one attached hydrogen (secondary N) is 1. The Labute approximate surface area is 209 Å². The predicted octanol–water partition coefficient (Wildman–Crippen LogP) is 4.11. The molecule has 5 rings (SSSR count). The number of halogens is 2. The van der Waals surface area contributed by atoms with Gasteiger partial charge in [0.05, 0.1) is 18.3 Å². The van der Waals surface area contributed by atoms with Crippen LogP contribution in [-0.4, -0.2) is 56.7 Å². The van der Waals surface area contributed by atoms with Crippen molar-refractivity contribution in [1.29, 1.82) is 0 Å². The molecule has 192 valence electrons. The van der Waals surface area contributed by atoms with Gasteiger partial charge in [-0.1, -0.05) is 11.3 Å². The van der Waals surface area contributed by atoms with Crippen LogP contribution in [0.25, 0.3) is 0 Å². The van der Waals surface area contributed by atoms with Gasteiger partial charge in [-0.15, -0.1) is 0 Å². The number of carbonyl (C=O) groups is 1. The number of aryl methyl sites for hydroxylation is 1. The number of ether oxygens (including phenoxy) is 1. The summed E-state index contributed by atoms with van der Waals surface area (Å²) in [6, 6.07) is 0.279. The Morgan fingerprint density at radius 1 is 1.29 bits per heavy atom. The maximum atomic E-state index is 13.4. The molecule has 1 atom stereocenters. The van der Waals surface area contributed by atoms with E-state index in [4.69, 9.17) is 4.74 Å². The van der Waals surface area contributed by atoms with Crippen molar-refractivity contribution >= 4 is 17.2 Å². The lowest BCUT2D eigenvalue weighted by Crippen LogP contribution is -2.39. The molecule has 2 aromatic heterocycles. The molecule has 3 aliphatic rings. The molecule has 0 bridgehead atoms. The lowest BCUT2D eigenvalue weighted by molar-refractivity contribution is -0.121. The molecule has 2 aromatic rings. The Morgan fingerprint density at radius 2 is 2.11 bits per heavy atom. The third kappa shape index (κ3) is 6.58. The molecule has 35 heavy (non-hydrogen) atoms. The van der Waals surface area contributed by atoms with Gasteiger partial charge in [0, 0.05) is 50.1 Å². The van der Waals surface area contributed by atoms with E-state index in [0.717, 1.165) is 69.4 Å². The number of hydrogen-bond acceptors (Lipinski definition) is 6. The summed E-state index contributed by atoms with van der Waals surface area (Å²) in [6.45, 7) is 2.87. The molecule has 3 heterocycles. The molecule has 1 unspecified atom stereocenters. The average Bonchev–Trinajstić information content (AvgIpc) is 3.50. The summed E-state index contributed by atoms with van der Waals surface area (Å²) in [6.07, 6.45) is 10.2. The van der Waals surface area contributed by atoms with Gasteiger partial charge in [-0.05, 0) is 63.0 Å². The molecule has 2 aliphatic carbocycles. The molecule has 7 nitrogen and oxygen atoms in total. The Morgan fingerprint density at radius 3 is 2.83 bits per heavy atom. The molecular formula is C25H35F2N5O2S. The fraction of sp³-hybridized carbons (Fsp3) is 0.720. The van der Waals surface area contributed by atoms with Crippen molar-refractivity contribution < 1.29 is 18.3 Å². The Kier molecular flexibility index (Phi) is 7.39. The number of alkyl halides is 2. The topological polar surface area (TPSA) is 72.3 Å². The largest absolute Gasteiger partial charge is 0.466 e. The maximum absolute atomic E-state index is 13.4. The first-order valence-corrected chi connectivity index (χ1v) is 13.7. The highest BCUT2D eigenvalue weighted by Gasteiger charge is 2.41. The first kappa shape index (κ1) is 24.6.